The van der Waals surface area contributed by atoms with Gasteiger partial charge in [0.1, 0.15) is 12.4 Å². The molecule has 4 rings (SSSR count). The summed E-state index contributed by atoms with van der Waals surface area (Å²) in [5, 5.41) is 4.96. The monoisotopic (exact) mass is 509 g/mol. The number of anilines is 1. The Hall–Kier alpha value is -3.23. The fourth-order valence-corrected chi connectivity index (χ4v) is 4.95. The molecule has 2 aromatic carbocycles. The Labute approximate surface area is 215 Å². The molecule has 1 atom stereocenters. The van der Waals surface area contributed by atoms with Gasteiger partial charge in [-0.3, -0.25) is 4.79 Å². The Kier molecular flexibility index (Phi) is 8.72. The number of carbonyl (C=O) groups excluding carboxylic acids is 2. The van der Waals surface area contributed by atoms with Crippen molar-refractivity contribution in [1.29, 1.82) is 0 Å². The molecule has 2 heterocycles. The SMILES string of the molecule is Cc1cccc(NC(=O)N(CC(=O)N(Cc2ccc(F)cc2)Cc2cccs2)C[C@@H]2CCCO2)c1C. The van der Waals surface area contributed by atoms with Crippen molar-refractivity contribution in [2.45, 2.75) is 45.9 Å². The van der Waals surface area contributed by atoms with Crippen LogP contribution in [0.3, 0.4) is 0 Å². The normalized spacial score (nSPS) is 15.0. The van der Waals surface area contributed by atoms with Crippen molar-refractivity contribution in [2.24, 2.45) is 0 Å². The van der Waals surface area contributed by atoms with Crippen LogP contribution in [0.2, 0.25) is 0 Å². The molecule has 190 valence electrons. The number of amides is 3. The second-order valence-corrected chi connectivity index (χ2v) is 10.2. The summed E-state index contributed by atoms with van der Waals surface area (Å²) in [5.74, 6) is -0.498. The molecule has 3 aromatic rings. The smallest absolute Gasteiger partial charge is 0.322 e. The van der Waals surface area contributed by atoms with Crippen molar-refractivity contribution in [3.05, 3.63) is 87.4 Å². The van der Waals surface area contributed by atoms with Crippen LogP contribution in [0.4, 0.5) is 14.9 Å². The molecule has 0 saturated carbocycles. The lowest BCUT2D eigenvalue weighted by molar-refractivity contribution is -0.133. The third-order valence-electron chi connectivity index (χ3n) is 6.47. The second kappa shape index (κ2) is 12.1. The molecule has 1 N–H and O–H groups in total. The van der Waals surface area contributed by atoms with E-state index >= 15 is 0 Å². The summed E-state index contributed by atoms with van der Waals surface area (Å²) in [6.45, 7) is 5.63. The van der Waals surface area contributed by atoms with Gasteiger partial charge in [-0.1, -0.05) is 30.3 Å². The van der Waals surface area contributed by atoms with E-state index in [1.54, 1.807) is 33.3 Å². The summed E-state index contributed by atoms with van der Waals surface area (Å²) in [6, 6.07) is 15.5. The number of rotatable bonds is 9. The van der Waals surface area contributed by atoms with E-state index in [-0.39, 0.29) is 30.4 Å². The highest BCUT2D eigenvalue weighted by molar-refractivity contribution is 7.09. The average molecular weight is 510 g/mol. The first-order valence-electron chi connectivity index (χ1n) is 12.2. The van der Waals surface area contributed by atoms with Crippen LogP contribution in [0.25, 0.3) is 0 Å². The van der Waals surface area contributed by atoms with Crippen molar-refractivity contribution in [2.75, 3.05) is 25.0 Å². The fraction of sp³-hybridized carbons (Fsp3) is 0.357. The second-order valence-electron chi connectivity index (χ2n) is 9.15. The molecule has 0 unspecified atom stereocenters. The molecule has 1 aromatic heterocycles. The van der Waals surface area contributed by atoms with Crippen LogP contribution in [-0.2, 0) is 22.6 Å². The molecule has 0 radical (unpaired) electrons. The molecule has 0 aliphatic carbocycles. The number of benzene rings is 2. The van der Waals surface area contributed by atoms with Crippen LogP contribution in [-0.4, -0.2) is 47.5 Å². The summed E-state index contributed by atoms with van der Waals surface area (Å²) < 4.78 is 19.2. The Bertz CT molecular complexity index is 1160. The van der Waals surface area contributed by atoms with Crippen molar-refractivity contribution in [3.63, 3.8) is 0 Å². The number of urea groups is 1. The highest BCUT2D eigenvalue weighted by atomic mass is 32.1. The van der Waals surface area contributed by atoms with Gasteiger partial charge in [0, 0.05) is 30.3 Å². The Morgan fingerprint density at radius 2 is 1.86 bits per heavy atom. The van der Waals surface area contributed by atoms with Crippen molar-refractivity contribution >= 4 is 29.0 Å². The number of carbonyl (C=O) groups is 2. The molecule has 6 nitrogen and oxygen atoms in total. The zero-order chi connectivity index (χ0) is 25.5. The van der Waals surface area contributed by atoms with E-state index in [0.29, 0.717) is 26.2 Å². The number of hydrogen-bond acceptors (Lipinski definition) is 4. The molecule has 36 heavy (non-hydrogen) atoms. The molecule has 1 aliphatic rings. The first-order valence-corrected chi connectivity index (χ1v) is 13.1. The van der Waals surface area contributed by atoms with Gasteiger partial charge in [0.15, 0.2) is 0 Å². The summed E-state index contributed by atoms with van der Waals surface area (Å²) in [5.41, 5.74) is 3.62. The number of nitrogens with zero attached hydrogens (tertiary/aromatic N) is 2. The zero-order valence-electron chi connectivity index (χ0n) is 20.7. The quantitative estimate of drug-likeness (QED) is 0.400. The van der Waals surface area contributed by atoms with Gasteiger partial charge in [-0.2, -0.15) is 0 Å². The van der Waals surface area contributed by atoms with Gasteiger partial charge in [0.2, 0.25) is 5.91 Å². The topological polar surface area (TPSA) is 61.9 Å². The third kappa shape index (κ3) is 6.92. The lowest BCUT2D eigenvalue weighted by Gasteiger charge is -2.29. The van der Waals surface area contributed by atoms with Gasteiger partial charge in [-0.25, -0.2) is 9.18 Å². The molecule has 0 bridgehead atoms. The maximum absolute atomic E-state index is 13.6. The molecule has 1 saturated heterocycles. The van der Waals surface area contributed by atoms with Gasteiger partial charge < -0.3 is 19.9 Å². The van der Waals surface area contributed by atoms with Crippen LogP contribution in [0.5, 0.6) is 0 Å². The van der Waals surface area contributed by atoms with Gasteiger partial charge >= 0.3 is 6.03 Å². The number of aryl methyl sites for hydroxylation is 1. The van der Waals surface area contributed by atoms with Crippen LogP contribution in [0.1, 0.15) is 34.4 Å². The van der Waals surface area contributed by atoms with E-state index in [0.717, 1.165) is 40.1 Å². The summed E-state index contributed by atoms with van der Waals surface area (Å²) in [6.07, 6.45) is 1.71. The Balaban J connectivity index is 1.52. The van der Waals surface area contributed by atoms with Gasteiger partial charge in [0.25, 0.3) is 0 Å². The van der Waals surface area contributed by atoms with Crippen molar-refractivity contribution in [1.82, 2.24) is 9.80 Å². The van der Waals surface area contributed by atoms with Crippen LogP contribution < -0.4 is 5.32 Å². The molecular weight excluding hydrogens is 477 g/mol. The van der Waals surface area contributed by atoms with E-state index in [1.165, 1.54) is 12.1 Å². The van der Waals surface area contributed by atoms with E-state index in [2.05, 4.69) is 5.32 Å². The number of nitrogens with one attached hydrogen (secondary N) is 1. The lowest BCUT2D eigenvalue weighted by Crippen LogP contribution is -2.46. The summed E-state index contributed by atoms with van der Waals surface area (Å²) in [4.78, 5) is 31.3. The largest absolute Gasteiger partial charge is 0.376 e. The Morgan fingerprint density at radius 3 is 2.56 bits per heavy atom. The minimum atomic E-state index is -0.328. The predicted molar refractivity (Wildman–Crippen MR) is 140 cm³/mol. The van der Waals surface area contributed by atoms with E-state index in [9.17, 15) is 14.0 Å². The molecular formula is C28H32FN3O3S. The first-order chi connectivity index (χ1) is 17.4. The number of thiophene rings is 1. The van der Waals surface area contributed by atoms with Crippen molar-refractivity contribution in [3.8, 4) is 0 Å². The number of ether oxygens (including phenoxy) is 1. The standard InChI is InChI=1S/C28H32FN3O3S/c1-20-6-3-9-26(21(20)2)30-28(34)32(17-24-7-4-14-35-24)19-27(33)31(18-25-8-5-15-36-25)16-22-10-12-23(29)13-11-22/h3,5-6,8-13,15,24H,4,7,14,16-19H2,1-2H3,(H,30,34)/t24-/m0/s1. The number of hydrogen-bond donors (Lipinski definition) is 1. The minimum Gasteiger partial charge on any atom is -0.376 e. The van der Waals surface area contributed by atoms with E-state index < -0.39 is 0 Å². The van der Waals surface area contributed by atoms with E-state index in [1.807, 2.05) is 49.6 Å². The molecule has 0 spiro atoms. The third-order valence-corrected chi connectivity index (χ3v) is 7.33. The molecule has 3 amide bonds. The highest BCUT2D eigenvalue weighted by Gasteiger charge is 2.27. The molecule has 8 heteroatoms. The van der Waals surface area contributed by atoms with Gasteiger partial charge in [-0.05, 0) is 73.0 Å². The van der Waals surface area contributed by atoms with E-state index in [4.69, 9.17) is 4.74 Å². The highest BCUT2D eigenvalue weighted by Crippen LogP contribution is 2.21. The first kappa shape index (κ1) is 25.9. The van der Waals surface area contributed by atoms with Gasteiger partial charge in [0.05, 0.1) is 12.6 Å². The lowest BCUT2D eigenvalue weighted by atomic mass is 10.1. The molecule has 1 aliphatic heterocycles. The zero-order valence-corrected chi connectivity index (χ0v) is 21.5. The summed E-state index contributed by atoms with van der Waals surface area (Å²) in [7, 11) is 0. The predicted octanol–water partition coefficient (Wildman–Crippen LogP) is 5.75. The average Bonchev–Trinajstić information content (AvgIpc) is 3.57. The van der Waals surface area contributed by atoms with Crippen LogP contribution in [0, 0.1) is 19.7 Å². The number of halogens is 1. The van der Waals surface area contributed by atoms with Crippen molar-refractivity contribution < 1.29 is 18.7 Å². The van der Waals surface area contributed by atoms with Crippen LogP contribution >= 0.6 is 11.3 Å². The minimum absolute atomic E-state index is 0.0802. The maximum Gasteiger partial charge on any atom is 0.322 e. The maximum atomic E-state index is 13.6. The van der Waals surface area contributed by atoms with Crippen LogP contribution in [0.15, 0.2) is 60.0 Å². The molecule has 1 fully saturated rings. The summed E-state index contributed by atoms with van der Waals surface area (Å²) >= 11 is 1.57. The fourth-order valence-electron chi connectivity index (χ4n) is 4.23. The van der Waals surface area contributed by atoms with Gasteiger partial charge in [-0.15, -0.1) is 11.3 Å². The Morgan fingerprint density at radius 1 is 1.06 bits per heavy atom.